The molecule has 5 nitrogen and oxygen atoms in total. The summed E-state index contributed by atoms with van der Waals surface area (Å²) >= 11 is 0. The van der Waals surface area contributed by atoms with E-state index in [1.54, 1.807) is 43.4 Å². The van der Waals surface area contributed by atoms with Gasteiger partial charge in [-0.1, -0.05) is 24.3 Å². The summed E-state index contributed by atoms with van der Waals surface area (Å²) in [7, 11) is 2.99. The van der Waals surface area contributed by atoms with Crippen LogP contribution in [0.5, 0.6) is 5.75 Å². The second-order valence-electron chi connectivity index (χ2n) is 5.73. The molecule has 0 saturated heterocycles. The fourth-order valence-electron chi connectivity index (χ4n) is 2.69. The Hall–Kier alpha value is -3.15. The van der Waals surface area contributed by atoms with E-state index in [9.17, 15) is 14.0 Å². The molecule has 1 amide bonds. The zero-order valence-corrected chi connectivity index (χ0v) is 13.9. The number of H-pyrrole nitrogens is 1. The maximum absolute atomic E-state index is 13.8. The quantitative estimate of drug-likeness (QED) is 0.794. The summed E-state index contributed by atoms with van der Waals surface area (Å²) < 4.78 is 18.7. The Morgan fingerprint density at radius 3 is 2.68 bits per heavy atom. The second kappa shape index (κ2) is 6.76. The van der Waals surface area contributed by atoms with Crippen molar-refractivity contribution in [3.05, 3.63) is 76.0 Å². The first kappa shape index (κ1) is 16.7. The number of hydrogen-bond donors (Lipinski definition) is 1. The Bertz CT molecular complexity index is 997. The van der Waals surface area contributed by atoms with Crippen LogP contribution in [0.2, 0.25) is 0 Å². The number of pyridine rings is 1. The van der Waals surface area contributed by atoms with Crippen LogP contribution < -0.4 is 10.3 Å². The number of carbonyl (C=O) groups excluding carboxylic acids is 1. The van der Waals surface area contributed by atoms with Crippen molar-refractivity contribution >= 4 is 16.7 Å². The maximum Gasteiger partial charge on any atom is 0.270 e. The molecule has 1 aromatic heterocycles. The van der Waals surface area contributed by atoms with Gasteiger partial charge in [-0.15, -0.1) is 0 Å². The van der Waals surface area contributed by atoms with Crippen LogP contribution in [-0.4, -0.2) is 29.9 Å². The van der Waals surface area contributed by atoms with Gasteiger partial charge in [0.15, 0.2) is 11.6 Å². The van der Waals surface area contributed by atoms with Crippen LogP contribution in [0.1, 0.15) is 16.1 Å². The fourth-order valence-corrected chi connectivity index (χ4v) is 2.69. The number of fused-ring (bicyclic) bond motifs is 1. The average molecular weight is 340 g/mol. The number of rotatable bonds is 4. The minimum absolute atomic E-state index is 0.150. The zero-order chi connectivity index (χ0) is 18.0. The highest BCUT2D eigenvalue weighted by Crippen LogP contribution is 2.19. The van der Waals surface area contributed by atoms with E-state index in [0.717, 1.165) is 0 Å². The van der Waals surface area contributed by atoms with Crippen molar-refractivity contribution in [3.8, 4) is 5.75 Å². The van der Waals surface area contributed by atoms with E-state index >= 15 is 0 Å². The van der Waals surface area contributed by atoms with Gasteiger partial charge in [-0.3, -0.25) is 9.59 Å². The highest BCUT2D eigenvalue weighted by molar-refractivity contribution is 5.96. The lowest BCUT2D eigenvalue weighted by Crippen LogP contribution is -2.28. The molecule has 1 N–H and O–H groups in total. The van der Waals surface area contributed by atoms with Gasteiger partial charge in [0.05, 0.1) is 7.11 Å². The lowest BCUT2D eigenvalue weighted by molar-refractivity contribution is 0.0779. The zero-order valence-electron chi connectivity index (χ0n) is 13.9. The highest BCUT2D eigenvalue weighted by atomic mass is 19.1. The van der Waals surface area contributed by atoms with Crippen molar-refractivity contribution in [1.82, 2.24) is 9.88 Å². The Morgan fingerprint density at radius 2 is 1.96 bits per heavy atom. The van der Waals surface area contributed by atoms with Crippen LogP contribution in [0.4, 0.5) is 4.39 Å². The summed E-state index contributed by atoms with van der Waals surface area (Å²) in [6.07, 6.45) is 0. The van der Waals surface area contributed by atoms with Gasteiger partial charge in [0.1, 0.15) is 5.69 Å². The van der Waals surface area contributed by atoms with Crippen LogP contribution in [0.15, 0.2) is 53.3 Å². The van der Waals surface area contributed by atoms with E-state index < -0.39 is 5.82 Å². The summed E-state index contributed by atoms with van der Waals surface area (Å²) in [5.74, 6) is -0.685. The minimum atomic E-state index is -0.486. The lowest BCUT2D eigenvalue weighted by Gasteiger charge is -2.17. The normalized spacial score (nSPS) is 10.7. The number of hydrogen-bond acceptors (Lipinski definition) is 3. The van der Waals surface area contributed by atoms with Crippen molar-refractivity contribution in [1.29, 1.82) is 0 Å². The first-order valence-corrected chi connectivity index (χ1v) is 7.69. The predicted octanol–water partition coefficient (Wildman–Crippen LogP) is 2.95. The van der Waals surface area contributed by atoms with Gasteiger partial charge in [0, 0.05) is 19.0 Å². The topological polar surface area (TPSA) is 62.4 Å². The summed E-state index contributed by atoms with van der Waals surface area (Å²) in [4.78, 5) is 28.7. The van der Waals surface area contributed by atoms with Gasteiger partial charge in [0.25, 0.3) is 11.5 Å². The van der Waals surface area contributed by atoms with Gasteiger partial charge in [0.2, 0.25) is 0 Å². The maximum atomic E-state index is 13.8. The molecule has 0 aliphatic heterocycles. The van der Waals surface area contributed by atoms with E-state index in [2.05, 4.69) is 4.98 Å². The molecule has 3 rings (SSSR count). The molecule has 0 bridgehead atoms. The molecule has 0 aliphatic rings. The number of carbonyl (C=O) groups is 1. The molecule has 0 unspecified atom stereocenters. The van der Waals surface area contributed by atoms with Gasteiger partial charge in [-0.2, -0.15) is 0 Å². The van der Waals surface area contributed by atoms with Gasteiger partial charge < -0.3 is 14.6 Å². The Labute approximate surface area is 143 Å². The van der Waals surface area contributed by atoms with E-state index in [4.69, 9.17) is 4.74 Å². The number of ether oxygens (including phenoxy) is 1. The number of halogens is 1. The summed E-state index contributed by atoms with van der Waals surface area (Å²) in [5, 5.41) is 1.22. The first-order chi connectivity index (χ1) is 12.0. The second-order valence-corrected chi connectivity index (χ2v) is 5.73. The number of methoxy groups -OCH3 is 1. The molecule has 1 heterocycles. The molecular formula is C19H17FN2O3. The minimum Gasteiger partial charge on any atom is -0.494 e. The summed E-state index contributed by atoms with van der Waals surface area (Å²) in [5.41, 5.74) is 0.503. The van der Waals surface area contributed by atoms with Crippen LogP contribution in [0.25, 0.3) is 10.8 Å². The van der Waals surface area contributed by atoms with Crippen molar-refractivity contribution in [2.75, 3.05) is 14.2 Å². The smallest absolute Gasteiger partial charge is 0.270 e. The number of benzene rings is 2. The molecule has 3 aromatic rings. The predicted molar refractivity (Wildman–Crippen MR) is 93.3 cm³/mol. The molecule has 0 saturated carbocycles. The van der Waals surface area contributed by atoms with Crippen LogP contribution in [0, 0.1) is 5.82 Å². The van der Waals surface area contributed by atoms with Crippen molar-refractivity contribution < 1.29 is 13.9 Å². The third kappa shape index (κ3) is 3.38. The molecule has 2 aromatic carbocycles. The number of aromatic nitrogens is 1. The fraction of sp³-hybridized carbons (Fsp3) is 0.158. The summed E-state index contributed by atoms with van der Waals surface area (Å²) in [6.45, 7) is 0.203. The van der Waals surface area contributed by atoms with Crippen molar-refractivity contribution in [2.24, 2.45) is 0 Å². The standard InChI is InChI=1S/C19H17FN2O3/c1-22(11-12-7-8-17(25-2)15(20)9-12)19(24)16-10-13-5-3-4-6-14(13)18(23)21-16/h3-10H,11H2,1-2H3,(H,21,23). The molecular weight excluding hydrogens is 323 g/mol. The largest absolute Gasteiger partial charge is 0.494 e. The number of nitrogens with one attached hydrogen (secondary N) is 1. The monoisotopic (exact) mass is 340 g/mol. The third-order valence-corrected chi connectivity index (χ3v) is 3.97. The highest BCUT2D eigenvalue weighted by Gasteiger charge is 2.15. The van der Waals surface area contributed by atoms with E-state index in [1.807, 2.05) is 0 Å². The van der Waals surface area contributed by atoms with E-state index in [-0.39, 0.29) is 29.5 Å². The number of nitrogens with zero attached hydrogens (tertiary/aromatic N) is 1. The van der Waals surface area contributed by atoms with Crippen LogP contribution in [-0.2, 0) is 6.54 Å². The molecule has 0 aliphatic carbocycles. The number of amides is 1. The average Bonchev–Trinajstić information content (AvgIpc) is 2.61. The third-order valence-electron chi connectivity index (χ3n) is 3.97. The van der Waals surface area contributed by atoms with E-state index in [1.165, 1.54) is 24.1 Å². The Balaban J connectivity index is 1.85. The SMILES string of the molecule is COc1ccc(CN(C)C(=O)c2cc3ccccc3c(=O)[nH]2)cc1F. The molecule has 0 fully saturated rings. The molecule has 0 radical (unpaired) electrons. The molecule has 0 spiro atoms. The molecule has 25 heavy (non-hydrogen) atoms. The van der Waals surface area contributed by atoms with Crippen LogP contribution >= 0.6 is 0 Å². The van der Waals surface area contributed by atoms with Crippen LogP contribution in [0.3, 0.4) is 0 Å². The number of aromatic amines is 1. The molecule has 0 atom stereocenters. The van der Waals surface area contributed by atoms with Gasteiger partial charge in [-0.25, -0.2) is 4.39 Å². The van der Waals surface area contributed by atoms with Crippen molar-refractivity contribution in [2.45, 2.75) is 6.54 Å². The van der Waals surface area contributed by atoms with Gasteiger partial charge >= 0.3 is 0 Å². The Morgan fingerprint density at radius 1 is 1.20 bits per heavy atom. The van der Waals surface area contributed by atoms with Gasteiger partial charge in [-0.05, 0) is 35.2 Å². The Kier molecular flexibility index (Phi) is 4.52. The molecule has 128 valence electrons. The first-order valence-electron chi connectivity index (χ1n) is 7.69. The summed E-state index contributed by atoms with van der Waals surface area (Å²) in [6, 6.07) is 13.2. The molecule has 6 heteroatoms. The van der Waals surface area contributed by atoms with E-state index in [0.29, 0.717) is 16.3 Å². The lowest BCUT2D eigenvalue weighted by atomic mass is 10.1. The van der Waals surface area contributed by atoms with Crippen molar-refractivity contribution in [3.63, 3.8) is 0 Å².